The Hall–Kier alpha value is -2.25. The Bertz CT molecular complexity index is 709. The smallest absolute Gasteiger partial charge is 0.123 e. The van der Waals surface area contributed by atoms with Gasteiger partial charge in [-0.25, -0.2) is 4.39 Å². The molecule has 1 aliphatic heterocycles. The highest BCUT2D eigenvalue weighted by atomic mass is 35.5. The average Bonchev–Trinajstić information content (AvgIpc) is 2.98. The van der Waals surface area contributed by atoms with Crippen LogP contribution in [0.3, 0.4) is 0 Å². The number of benzene rings is 2. The van der Waals surface area contributed by atoms with Crippen LogP contribution < -0.4 is 10.2 Å². The van der Waals surface area contributed by atoms with Gasteiger partial charge < -0.3 is 10.2 Å². The molecule has 0 bridgehead atoms. The van der Waals surface area contributed by atoms with Gasteiger partial charge in [-0.3, -0.25) is 0 Å². The van der Waals surface area contributed by atoms with E-state index in [1.165, 1.54) is 12.1 Å². The zero-order valence-electron chi connectivity index (χ0n) is 11.9. The number of hydrogen-bond donors (Lipinski definition) is 1. The highest BCUT2D eigenvalue weighted by Crippen LogP contribution is 2.27. The molecular formula is C17H15ClFN3. The fourth-order valence-electron chi connectivity index (χ4n) is 2.69. The van der Waals surface area contributed by atoms with Gasteiger partial charge in [-0.05, 0) is 48.9 Å². The lowest BCUT2D eigenvalue weighted by molar-refractivity contribution is 0.628. The molecule has 1 N–H and O–H groups in total. The second kappa shape index (κ2) is 6.25. The maximum Gasteiger partial charge on any atom is 0.123 e. The predicted molar refractivity (Wildman–Crippen MR) is 86.8 cm³/mol. The van der Waals surface area contributed by atoms with Crippen molar-refractivity contribution in [3.05, 3.63) is 58.9 Å². The topological polar surface area (TPSA) is 39.1 Å². The van der Waals surface area contributed by atoms with Gasteiger partial charge in [-0.2, -0.15) is 5.26 Å². The first-order valence-electron chi connectivity index (χ1n) is 7.12. The van der Waals surface area contributed by atoms with Crippen molar-refractivity contribution in [3.8, 4) is 6.07 Å². The molecule has 1 atom stereocenters. The van der Waals surface area contributed by atoms with Crippen LogP contribution in [0.2, 0.25) is 5.02 Å². The van der Waals surface area contributed by atoms with Gasteiger partial charge in [0, 0.05) is 30.5 Å². The normalized spacial score (nSPS) is 17.3. The summed E-state index contributed by atoms with van der Waals surface area (Å²) in [6, 6.07) is 14.3. The molecule has 1 aliphatic rings. The Labute approximate surface area is 133 Å². The third kappa shape index (κ3) is 3.15. The first kappa shape index (κ1) is 14.7. The summed E-state index contributed by atoms with van der Waals surface area (Å²) in [7, 11) is 0. The van der Waals surface area contributed by atoms with Gasteiger partial charge in [0.05, 0.1) is 10.6 Å². The van der Waals surface area contributed by atoms with Crippen molar-refractivity contribution in [2.45, 2.75) is 12.5 Å². The molecule has 1 heterocycles. The van der Waals surface area contributed by atoms with E-state index in [1.54, 1.807) is 18.2 Å². The van der Waals surface area contributed by atoms with Crippen molar-refractivity contribution in [1.82, 2.24) is 0 Å². The zero-order chi connectivity index (χ0) is 15.5. The maximum atomic E-state index is 12.9. The summed E-state index contributed by atoms with van der Waals surface area (Å²) < 4.78 is 12.9. The fourth-order valence-corrected chi connectivity index (χ4v) is 2.90. The van der Waals surface area contributed by atoms with Gasteiger partial charge in [0.2, 0.25) is 0 Å². The summed E-state index contributed by atoms with van der Waals surface area (Å²) in [4.78, 5) is 2.23. The number of nitriles is 1. The second-order valence-corrected chi connectivity index (χ2v) is 5.77. The molecule has 3 nitrogen and oxygen atoms in total. The quantitative estimate of drug-likeness (QED) is 0.929. The van der Waals surface area contributed by atoms with Gasteiger partial charge >= 0.3 is 0 Å². The van der Waals surface area contributed by atoms with Crippen LogP contribution >= 0.6 is 11.6 Å². The molecule has 22 heavy (non-hydrogen) atoms. The number of hydrogen-bond acceptors (Lipinski definition) is 3. The number of nitrogens with zero attached hydrogens (tertiary/aromatic N) is 2. The lowest BCUT2D eigenvalue weighted by atomic mass is 10.2. The van der Waals surface area contributed by atoms with Crippen LogP contribution in [-0.4, -0.2) is 19.1 Å². The molecular weight excluding hydrogens is 301 g/mol. The van der Waals surface area contributed by atoms with Crippen LogP contribution in [0, 0.1) is 17.1 Å². The van der Waals surface area contributed by atoms with Crippen molar-refractivity contribution < 1.29 is 4.39 Å². The summed E-state index contributed by atoms with van der Waals surface area (Å²) in [5, 5.41) is 12.8. The minimum atomic E-state index is -0.231. The minimum absolute atomic E-state index is 0.231. The van der Waals surface area contributed by atoms with Crippen molar-refractivity contribution in [3.63, 3.8) is 0 Å². The molecule has 1 saturated heterocycles. The molecule has 0 aliphatic carbocycles. The highest BCUT2D eigenvalue weighted by Gasteiger charge is 2.23. The first-order chi connectivity index (χ1) is 10.7. The molecule has 0 amide bonds. The largest absolute Gasteiger partial charge is 0.380 e. The minimum Gasteiger partial charge on any atom is -0.380 e. The van der Waals surface area contributed by atoms with E-state index in [4.69, 9.17) is 16.9 Å². The fraction of sp³-hybridized carbons (Fsp3) is 0.235. The van der Waals surface area contributed by atoms with Gasteiger partial charge in [-0.15, -0.1) is 0 Å². The Morgan fingerprint density at radius 3 is 2.68 bits per heavy atom. The molecule has 0 spiro atoms. The van der Waals surface area contributed by atoms with Crippen molar-refractivity contribution in [2.75, 3.05) is 23.3 Å². The van der Waals surface area contributed by atoms with E-state index in [0.717, 1.165) is 30.9 Å². The van der Waals surface area contributed by atoms with E-state index in [1.807, 2.05) is 12.1 Å². The molecule has 2 aromatic carbocycles. The van der Waals surface area contributed by atoms with Crippen LogP contribution in [0.5, 0.6) is 0 Å². The molecule has 0 aromatic heterocycles. The van der Waals surface area contributed by atoms with Crippen LogP contribution in [0.1, 0.15) is 12.0 Å². The number of anilines is 2. The molecule has 5 heteroatoms. The summed E-state index contributed by atoms with van der Waals surface area (Å²) in [5.41, 5.74) is 2.43. The number of nitrogens with one attached hydrogen (secondary N) is 1. The summed E-state index contributed by atoms with van der Waals surface area (Å²) >= 11 is 6.09. The Morgan fingerprint density at radius 2 is 2.00 bits per heavy atom. The van der Waals surface area contributed by atoms with Crippen molar-refractivity contribution >= 4 is 23.0 Å². The molecule has 0 saturated carbocycles. The van der Waals surface area contributed by atoms with Gasteiger partial charge in [0.1, 0.15) is 11.9 Å². The number of rotatable bonds is 3. The van der Waals surface area contributed by atoms with Gasteiger partial charge in [-0.1, -0.05) is 11.6 Å². The van der Waals surface area contributed by atoms with E-state index in [2.05, 4.69) is 16.3 Å². The van der Waals surface area contributed by atoms with Gasteiger partial charge in [0.25, 0.3) is 0 Å². The summed E-state index contributed by atoms with van der Waals surface area (Å²) in [5.74, 6) is -0.231. The standard InChI is InChI=1S/C17H15ClFN3/c18-17-9-16(6-1-12(17)10-20)22-8-7-15(11-22)21-14-4-2-13(19)3-5-14/h1-6,9,15,21H,7-8,11H2/t15-/m1/s1. The molecule has 112 valence electrons. The summed E-state index contributed by atoms with van der Waals surface area (Å²) in [6.07, 6.45) is 0.995. The Balaban J connectivity index is 1.66. The van der Waals surface area contributed by atoms with E-state index in [9.17, 15) is 4.39 Å². The van der Waals surface area contributed by atoms with Gasteiger partial charge in [0.15, 0.2) is 0 Å². The zero-order valence-corrected chi connectivity index (χ0v) is 12.6. The Morgan fingerprint density at radius 1 is 1.23 bits per heavy atom. The second-order valence-electron chi connectivity index (χ2n) is 5.36. The lowest BCUT2D eigenvalue weighted by Gasteiger charge is -2.20. The average molecular weight is 316 g/mol. The van der Waals surface area contributed by atoms with Crippen LogP contribution in [-0.2, 0) is 0 Å². The van der Waals surface area contributed by atoms with Crippen LogP contribution in [0.25, 0.3) is 0 Å². The third-order valence-corrected chi connectivity index (χ3v) is 4.15. The lowest BCUT2D eigenvalue weighted by Crippen LogP contribution is -2.25. The maximum absolute atomic E-state index is 12.9. The SMILES string of the molecule is N#Cc1ccc(N2CC[C@@H](Nc3ccc(F)cc3)C2)cc1Cl. The number of halogens is 2. The van der Waals surface area contributed by atoms with E-state index < -0.39 is 0 Å². The third-order valence-electron chi connectivity index (χ3n) is 3.84. The molecule has 1 fully saturated rings. The van der Waals surface area contributed by atoms with E-state index in [0.29, 0.717) is 16.6 Å². The highest BCUT2D eigenvalue weighted by molar-refractivity contribution is 6.32. The Kier molecular flexibility index (Phi) is 4.17. The first-order valence-corrected chi connectivity index (χ1v) is 7.50. The van der Waals surface area contributed by atoms with E-state index >= 15 is 0 Å². The monoisotopic (exact) mass is 315 g/mol. The summed E-state index contributed by atoms with van der Waals surface area (Å²) in [6.45, 7) is 1.76. The van der Waals surface area contributed by atoms with Crippen LogP contribution in [0.4, 0.5) is 15.8 Å². The van der Waals surface area contributed by atoms with Crippen molar-refractivity contribution in [1.29, 1.82) is 5.26 Å². The van der Waals surface area contributed by atoms with E-state index in [-0.39, 0.29) is 5.82 Å². The molecule has 3 rings (SSSR count). The molecule has 2 aromatic rings. The van der Waals surface area contributed by atoms with Crippen LogP contribution in [0.15, 0.2) is 42.5 Å². The molecule has 0 unspecified atom stereocenters. The molecule has 0 radical (unpaired) electrons. The predicted octanol–water partition coefficient (Wildman–Crippen LogP) is 4.04. The van der Waals surface area contributed by atoms with Crippen molar-refractivity contribution in [2.24, 2.45) is 0 Å².